The summed E-state index contributed by atoms with van der Waals surface area (Å²) < 4.78 is 5.66. The smallest absolute Gasteiger partial charge is 0.0724 e. The Morgan fingerprint density at radius 3 is 2.63 bits per heavy atom. The van der Waals surface area contributed by atoms with Gasteiger partial charge in [0.05, 0.1) is 6.10 Å². The van der Waals surface area contributed by atoms with Gasteiger partial charge in [0.15, 0.2) is 0 Å². The first-order chi connectivity index (χ1) is 9.35. The fourth-order valence-electron chi connectivity index (χ4n) is 3.15. The second kappa shape index (κ2) is 7.66. The molecule has 106 valence electrons. The molecule has 0 aliphatic heterocycles. The van der Waals surface area contributed by atoms with Gasteiger partial charge in [0, 0.05) is 19.2 Å². The first-order valence-corrected chi connectivity index (χ1v) is 7.69. The van der Waals surface area contributed by atoms with Crippen LogP contribution in [0.25, 0.3) is 0 Å². The molecule has 0 amide bonds. The van der Waals surface area contributed by atoms with E-state index in [4.69, 9.17) is 4.74 Å². The molecular formula is C17H27NO. The van der Waals surface area contributed by atoms with E-state index >= 15 is 0 Å². The number of rotatable bonds is 6. The molecule has 2 rings (SSSR count). The van der Waals surface area contributed by atoms with E-state index in [0.29, 0.717) is 18.2 Å². The van der Waals surface area contributed by atoms with Crippen molar-refractivity contribution in [3.8, 4) is 0 Å². The van der Waals surface area contributed by atoms with E-state index in [-0.39, 0.29) is 0 Å². The van der Waals surface area contributed by atoms with Crippen molar-refractivity contribution in [2.75, 3.05) is 7.11 Å². The summed E-state index contributed by atoms with van der Waals surface area (Å²) in [4.78, 5) is 0. The number of hydrogen-bond acceptors (Lipinski definition) is 2. The van der Waals surface area contributed by atoms with Crippen LogP contribution in [-0.2, 0) is 4.74 Å². The van der Waals surface area contributed by atoms with Gasteiger partial charge < -0.3 is 10.1 Å². The zero-order valence-corrected chi connectivity index (χ0v) is 12.3. The lowest BCUT2D eigenvalue weighted by atomic mass is 9.90. The van der Waals surface area contributed by atoms with E-state index in [0.717, 1.165) is 0 Å². The molecule has 0 spiro atoms. The highest BCUT2D eigenvalue weighted by molar-refractivity contribution is 5.19. The van der Waals surface area contributed by atoms with E-state index in [1.54, 1.807) is 0 Å². The molecule has 1 aliphatic rings. The summed E-state index contributed by atoms with van der Waals surface area (Å²) in [5, 5.41) is 3.85. The Labute approximate surface area is 117 Å². The summed E-state index contributed by atoms with van der Waals surface area (Å²) in [6.45, 7) is 2.26. The molecular weight excluding hydrogens is 234 g/mol. The molecule has 3 unspecified atom stereocenters. The summed E-state index contributed by atoms with van der Waals surface area (Å²) in [6.07, 6.45) is 7.85. The molecule has 2 heteroatoms. The van der Waals surface area contributed by atoms with Crippen LogP contribution >= 0.6 is 0 Å². The standard InChI is InChI=1S/C17H27NO/c1-3-9-15(14-10-5-4-6-11-14)18-16-12-7-8-13-17(16)19-2/h4-6,10-11,15-18H,3,7-9,12-13H2,1-2H3. The van der Waals surface area contributed by atoms with Crippen LogP contribution in [0, 0.1) is 0 Å². The van der Waals surface area contributed by atoms with Crippen LogP contribution in [0.4, 0.5) is 0 Å². The Kier molecular flexibility index (Phi) is 5.87. The van der Waals surface area contributed by atoms with Gasteiger partial charge in [-0.1, -0.05) is 56.5 Å². The van der Waals surface area contributed by atoms with Gasteiger partial charge in [0.1, 0.15) is 0 Å². The largest absolute Gasteiger partial charge is 0.380 e. The van der Waals surface area contributed by atoms with Crippen molar-refractivity contribution in [3.63, 3.8) is 0 Å². The third-order valence-corrected chi connectivity index (χ3v) is 4.20. The summed E-state index contributed by atoms with van der Waals surface area (Å²) in [5.41, 5.74) is 1.41. The van der Waals surface area contributed by atoms with E-state index in [1.807, 2.05) is 7.11 Å². The number of ether oxygens (including phenoxy) is 1. The predicted molar refractivity (Wildman–Crippen MR) is 80.3 cm³/mol. The first kappa shape index (κ1) is 14.5. The second-order valence-electron chi connectivity index (χ2n) is 5.58. The third kappa shape index (κ3) is 4.05. The quantitative estimate of drug-likeness (QED) is 0.833. The molecule has 1 aromatic carbocycles. The maximum absolute atomic E-state index is 5.66. The Hall–Kier alpha value is -0.860. The molecule has 0 aromatic heterocycles. The zero-order chi connectivity index (χ0) is 13.5. The molecule has 1 N–H and O–H groups in total. The molecule has 2 nitrogen and oxygen atoms in total. The normalized spacial score (nSPS) is 25.2. The van der Waals surface area contributed by atoms with Crippen molar-refractivity contribution in [2.45, 2.75) is 63.6 Å². The molecule has 0 saturated heterocycles. The van der Waals surface area contributed by atoms with E-state index in [2.05, 4.69) is 42.6 Å². The van der Waals surface area contributed by atoms with Crippen molar-refractivity contribution in [1.82, 2.24) is 5.32 Å². The molecule has 1 aliphatic carbocycles. The van der Waals surface area contributed by atoms with Gasteiger partial charge in [0.25, 0.3) is 0 Å². The van der Waals surface area contributed by atoms with Crippen molar-refractivity contribution >= 4 is 0 Å². The second-order valence-corrected chi connectivity index (χ2v) is 5.58. The summed E-state index contributed by atoms with van der Waals surface area (Å²) in [6, 6.07) is 11.8. The maximum atomic E-state index is 5.66. The van der Waals surface area contributed by atoms with Crippen LogP contribution in [0.1, 0.15) is 57.1 Å². The van der Waals surface area contributed by atoms with Crippen LogP contribution in [0.5, 0.6) is 0 Å². The number of methoxy groups -OCH3 is 1. The van der Waals surface area contributed by atoms with Crippen LogP contribution < -0.4 is 5.32 Å². The van der Waals surface area contributed by atoms with Crippen LogP contribution in [0.3, 0.4) is 0 Å². The number of nitrogens with one attached hydrogen (secondary N) is 1. The van der Waals surface area contributed by atoms with Crippen molar-refractivity contribution in [2.24, 2.45) is 0 Å². The van der Waals surface area contributed by atoms with Gasteiger partial charge in [-0.05, 0) is 24.8 Å². The highest BCUT2D eigenvalue weighted by Gasteiger charge is 2.27. The van der Waals surface area contributed by atoms with E-state index in [1.165, 1.54) is 44.1 Å². The van der Waals surface area contributed by atoms with Gasteiger partial charge in [0.2, 0.25) is 0 Å². The summed E-state index contributed by atoms with van der Waals surface area (Å²) in [7, 11) is 1.85. The third-order valence-electron chi connectivity index (χ3n) is 4.20. The van der Waals surface area contributed by atoms with Gasteiger partial charge >= 0.3 is 0 Å². The molecule has 1 fully saturated rings. The minimum absolute atomic E-state index is 0.386. The lowest BCUT2D eigenvalue weighted by Gasteiger charge is -2.34. The predicted octanol–water partition coefficient (Wildman–Crippen LogP) is 4.08. The Morgan fingerprint density at radius 2 is 1.95 bits per heavy atom. The fraction of sp³-hybridized carbons (Fsp3) is 0.647. The highest BCUT2D eigenvalue weighted by atomic mass is 16.5. The van der Waals surface area contributed by atoms with Gasteiger partial charge in [-0.15, -0.1) is 0 Å². The SMILES string of the molecule is CCCC(NC1CCCCC1OC)c1ccccc1. The Bertz CT molecular complexity index is 352. The molecule has 1 aromatic rings. The zero-order valence-electron chi connectivity index (χ0n) is 12.3. The maximum Gasteiger partial charge on any atom is 0.0724 e. The van der Waals surface area contributed by atoms with Gasteiger partial charge in [-0.25, -0.2) is 0 Å². The monoisotopic (exact) mass is 261 g/mol. The molecule has 3 atom stereocenters. The van der Waals surface area contributed by atoms with Crippen molar-refractivity contribution in [3.05, 3.63) is 35.9 Å². The van der Waals surface area contributed by atoms with E-state index in [9.17, 15) is 0 Å². The summed E-state index contributed by atoms with van der Waals surface area (Å²) >= 11 is 0. The fourth-order valence-corrected chi connectivity index (χ4v) is 3.15. The van der Waals surface area contributed by atoms with E-state index < -0.39 is 0 Å². The van der Waals surface area contributed by atoms with Crippen LogP contribution in [0.15, 0.2) is 30.3 Å². The lowest BCUT2D eigenvalue weighted by molar-refractivity contribution is 0.0371. The topological polar surface area (TPSA) is 21.3 Å². The minimum atomic E-state index is 0.386. The van der Waals surface area contributed by atoms with Gasteiger partial charge in [-0.2, -0.15) is 0 Å². The lowest BCUT2D eigenvalue weighted by Crippen LogP contribution is -2.44. The van der Waals surface area contributed by atoms with Crippen molar-refractivity contribution < 1.29 is 4.74 Å². The first-order valence-electron chi connectivity index (χ1n) is 7.69. The average Bonchev–Trinajstić information content (AvgIpc) is 2.48. The molecule has 19 heavy (non-hydrogen) atoms. The summed E-state index contributed by atoms with van der Waals surface area (Å²) in [5.74, 6) is 0. The van der Waals surface area contributed by atoms with Crippen LogP contribution in [0.2, 0.25) is 0 Å². The molecule has 0 heterocycles. The number of hydrogen-bond donors (Lipinski definition) is 1. The average molecular weight is 261 g/mol. The molecule has 0 radical (unpaired) electrons. The minimum Gasteiger partial charge on any atom is -0.380 e. The Balaban J connectivity index is 2.03. The van der Waals surface area contributed by atoms with Crippen molar-refractivity contribution in [1.29, 1.82) is 0 Å². The Morgan fingerprint density at radius 1 is 1.21 bits per heavy atom. The van der Waals surface area contributed by atoms with Crippen LogP contribution in [-0.4, -0.2) is 19.3 Å². The van der Waals surface area contributed by atoms with Gasteiger partial charge in [-0.3, -0.25) is 0 Å². The number of benzene rings is 1. The highest BCUT2D eigenvalue weighted by Crippen LogP contribution is 2.26. The molecule has 0 bridgehead atoms. The molecule has 1 saturated carbocycles.